The van der Waals surface area contributed by atoms with Gasteiger partial charge in [0.1, 0.15) is 5.75 Å². The van der Waals surface area contributed by atoms with Gasteiger partial charge in [-0.2, -0.15) is 0 Å². The van der Waals surface area contributed by atoms with E-state index in [1.165, 1.54) is 10.9 Å². The minimum atomic E-state index is 0.242. The zero-order chi connectivity index (χ0) is 17.8. The molecule has 4 rings (SSSR count). The maximum Gasteiger partial charge on any atom is 0.120 e. The molecule has 1 heterocycles. The number of nitrogens with zero attached hydrogens (tertiary/aromatic N) is 1. The van der Waals surface area contributed by atoms with Crippen molar-refractivity contribution >= 4 is 10.8 Å². The van der Waals surface area contributed by atoms with Gasteiger partial charge in [0.2, 0.25) is 0 Å². The number of nitrogens with two attached hydrogens (primary N) is 1. The van der Waals surface area contributed by atoms with E-state index in [1.54, 1.807) is 0 Å². The van der Waals surface area contributed by atoms with Gasteiger partial charge in [-0.15, -0.1) is 0 Å². The van der Waals surface area contributed by atoms with Crippen LogP contribution in [0, 0.1) is 5.92 Å². The van der Waals surface area contributed by atoms with E-state index in [9.17, 15) is 0 Å². The van der Waals surface area contributed by atoms with Gasteiger partial charge in [0.25, 0.3) is 0 Å². The molecule has 1 aromatic heterocycles. The van der Waals surface area contributed by atoms with E-state index in [0.29, 0.717) is 12.0 Å². The fraction of sp³-hybridized carbons (Fsp3) is 0.348. The fourth-order valence-corrected chi connectivity index (χ4v) is 4.01. The Bertz CT molecular complexity index is 841. The summed E-state index contributed by atoms with van der Waals surface area (Å²) >= 11 is 0. The van der Waals surface area contributed by atoms with Crippen molar-refractivity contribution in [2.75, 3.05) is 0 Å². The second-order valence-electron chi connectivity index (χ2n) is 7.39. The van der Waals surface area contributed by atoms with Gasteiger partial charge in [0.05, 0.1) is 6.10 Å². The minimum Gasteiger partial charge on any atom is -0.490 e. The maximum absolute atomic E-state index is 6.49. The largest absolute Gasteiger partial charge is 0.490 e. The standard InChI is InChI=1S/C23H26N2O/c24-23(14-17-4-2-1-3-5-17)18-6-9-21(10-7-18)26-22-11-8-20-16-25-13-12-19(20)15-22/h1-5,8,11-13,15-16,18,21,23H,6-7,9-10,14,24H2/t18-,21-,23?. The molecule has 1 fully saturated rings. The number of hydrogen-bond donors (Lipinski definition) is 1. The summed E-state index contributed by atoms with van der Waals surface area (Å²) < 4.78 is 6.25. The number of ether oxygens (including phenoxy) is 1. The van der Waals surface area contributed by atoms with Crippen LogP contribution in [0.3, 0.4) is 0 Å². The molecule has 0 spiro atoms. The summed E-state index contributed by atoms with van der Waals surface area (Å²) in [6.45, 7) is 0. The molecule has 2 aromatic carbocycles. The van der Waals surface area contributed by atoms with Crippen molar-refractivity contribution < 1.29 is 4.74 Å². The van der Waals surface area contributed by atoms with Gasteiger partial charge in [-0.1, -0.05) is 30.3 Å². The Hall–Kier alpha value is -2.39. The molecule has 1 aliphatic rings. The summed E-state index contributed by atoms with van der Waals surface area (Å²) in [5, 5.41) is 2.33. The van der Waals surface area contributed by atoms with Crippen LogP contribution in [0.5, 0.6) is 5.75 Å². The second-order valence-corrected chi connectivity index (χ2v) is 7.39. The van der Waals surface area contributed by atoms with Crippen molar-refractivity contribution in [3.8, 4) is 5.75 Å². The first-order valence-electron chi connectivity index (χ1n) is 9.58. The SMILES string of the molecule is NC(Cc1ccccc1)[C@H]1CC[C@H](Oc2ccc3cnccc3c2)CC1. The van der Waals surface area contributed by atoms with Crippen molar-refractivity contribution in [1.29, 1.82) is 0 Å². The zero-order valence-corrected chi connectivity index (χ0v) is 15.1. The molecule has 0 aliphatic heterocycles. The molecule has 134 valence electrons. The maximum atomic E-state index is 6.49. The van der Waals surface area contributed by atoms with Crippen LogP contribution in [0.15, 0.2) is 67.0 Å². The predicted octanol–water partition coefficient (Wildman–Crippen LogP) is 4.74. The van der Waals surface area contributed by atoms with Crippen LogP contribution < -0.4 is 10.5 Å². The highest BCUT2D eigenvalue weighted by molar-refractivity contribution is 5.82. The van der Waals surface area contributed by atoms with Gasteiger partial charge in [-0.3, -0.25) is 4.98 Å². The van der Waals surface area contributed by atoms with Crippen LogP contribution in [0.1, 0.15) is 31.2 Å². The number of aromatic nitrogens is 1. The number of hydrogen-bond acceptors (Lipinski definition) is 3. The number of rotatable bonds is 5. The third kappa shape index (κ3) is 4.05. The second kappa shape index (κ2) is 7.88. The molecular formula is C23H26N2O. The third-order valence-corrected chi connectivity index (χ3v) is 5.55. The molecule has 0 saturated heterocycles. The number of fused-ring (bicyclic) bond motifs is 1. The smallest absolute Gasteiger partial charge is 0.120 e. The molecule has 1 aliphatic carbocycles. The van der Waals surface area contributed by atoms with Crippen LogP contribution in [-0.4, -0.2) is 17.1 Å². The molecule has 1 saturated carbocycles. The lowest BCUT2D eigenvalue weighted by Crippen LogP contribution is -2.37. The lowest BCUT2D eigenvalue weighted by molar-refractivity contribution is 0.123. The molecule has 1 atom stereocenters. The molecule has 3 nitrogen and oxygen atoms in total. The topological polar surface area (TPSA) is 48.1 Å². The molecule has 26 heavy (non-hydrogen) atoms. The van der Waals surface area contributed by atoms with Crippen molar-refractivity contribution in [1.82, 2.24) is 4.98 Å². The Morgan fingerprint density at radius 2 is 1.77 bits per heavy atom. The van der Waals surface area contributed by atoms with Crippen molar-refractivity contribution in [2.45, 2.75) is 44.2 Å². The molecule has 0 amide bonds. The number of pyridine rings is 1. The summed E-state index contributed by atoms with van der Waals surface area (Å²) in [6, 6.07) is 19.1. The van der Waals surface area contributed by atoms with E-state index in [1.807, 2.05) is 18.5 Å². The van der Waals surface area contributed by atoms with Gasteiger partial charge >= 0.3 is 0 Å². The van der Waals surface area contributed by atoms with Gasteiger partial charge in [0.15, 0.2) is 0 Å². The average Bonchev–Trinajstić information content (AvgIpc) is 2.69. The molecule has 0 radical (unpaired) electrons. The van der Waals surface area contributed by atoms with Crippen LogP contribution in [0.2, 0.25) is 0 Å². The zero-order valence-electron chi connectivity index (χ0n) is 15.1. The van der Waals surface area contributed by atoms with E-state index in [0.717, 1.165) is 43.2 Å². The molecule has 2 N–H and O–H groups in total. The third-order valence-electron chi connectivity index (χ3n) is 5.55. The van der Waals surface area contributed by atoms with Crippen LogP contribution in [-0.2, 0) is 6.42 Å². The summed E-state index contributed by atoms with van der Waals surface area (Å²) in [5.74, 6) is 1.55. The van der Waals surface area contributed by atoms with Gasteiger partial charge in [-0.05, 0) is 73.2 Å². The van der Waals surface area contributed by atoms with Crippen molar-refractivity contribution in [3.63, 3.8) is 0 Å². The highest BCUT2D eigenvalue weighted by Gasteiger charge is 2.26. The number of benzene rings is 2. The first-order valence-corrected chi connectivity index (χ1v) is 9.58. The van der Waals surface area contributed by atoms with Gasteiger partial charge < -0.3 is 10.5 Å². The first-order chi connectivity index (χ1) is 12.8. The Morgan fingerprint density at radius 1 is 0.962 bits per heavy atom. The average molecular weight is 346 g/mol. The van der Waals surface area contributed by atoms with Gasteiger partial charge in [0, 0.05) is 23.8 Å². The summed E-state index contributed by atoms with van der Waals surface area (Å²) in [6.07, 6.45) is 9.45. The lowest BCUT2D eigenvalue weighted by Gasteiger charge is -2.32. The lowest BCUT2D eigenvalue weighted by atomic mass is 9.81. The normalized spacial score (nSPS) is 21.4. The Labute approximate surface area is 155 Å². The predicted molar refractivity (Wildman–Crippen MR) is 106 cm³/mol. The van der Waals surface area contributed by atoms with Crippen LogP contribution >= 0.6 is 0 Å². The Balaban J connectivity index is 1.31. The quantitative estimate of drug-likeness (QED) is 0.726. The van der Waals surface area contributed by atoms with Gasteiger partial charge in [-0.25, -0.2) is 0 Å². The Kier molecular flexibility index (Phi) is 5.16. The fourth-order valence-electron chi connectivity index (χ4n) is 4.01. The van der Waals surface area contributed by atoms with Crippen LogP contribution in [0.4, 0.5) is 0 Å². The minimum absolute atomic E-state index is 0.242. The first kappa shape index (κ1) is 17.0. The van der Waals surface area contributed by atoms with E-state index < -0.39 is 0 Å². The molecule has 3 aromatic rings. The summed E-state index contributed by atoms with van der Waals surface area (Å²) in [4.78, 5) is 4.16. The monoisotopic (exact) mass is 346 g/mol. The molecule has 0 bridgehead atoms. The Morgan fingerprint density at radius 3 is 2.58 bits per heavy atom. The van der Waals surface area contributed by atoms with E-state index in [2.05, 4.69) is 53.5 Å². The highest BCUT2D eigenvalue weighted by Crippen LogP contribution is 2.31. The van der Waals surface area contributed by atoms with E-state index in [4.69, 9.17) is 10.5 Å². The van der Waals surface area contributed by atoms with Crippen LogP contribution in [0.25, 0.3) is 10.8 Å². The molecule has 1 unspecified atom stereocenters. The summed E-state index contributed by atoms with van der Waals surface area (Å²) in [7, 11) is 0. The van der Waals surface area contributed by atoms with Crippen molar-refractivity contribution in [3.05, 3.63) is 72.6 Å². The highest BCUT2D eigenvalue weighted by atomic mass is 16.5. The van der Waals surface area contributed by atoms with Crippen molar-refractivity contribution in [2.24, 2.45) is 11.7 Å². The summed E-state index contributed by atoms with van der Waals surface area (Å²) in [5.41, 5.74) is 7.83. The van der Waals surface area contributed by atoms with E-state index >= 15 is 0 Å². The van der Waals surface area contributed by atoms with E-state index in [-0.39, 0.29) is 6.04 Å². The molecular weight excluding hydrogens is 320 g/mol. The molecule has 3 heteroatoms.